The molecule has 0 bridgehead atoms. The van der Waals surface area contributed by atoms with Gasteiger partial charge in [-0.05, 0) is 6.42 Å². The molecule has 1 fully saturated rings. The average molecular weight is 119 g/mol. The van der Waals surface area contributed by atoms with Crippen molar-refractivity contribution >= 4 is 12.6 Å². The Morgan fingerprint density at radius 2 is 2.57 bits per heavy atom. The zero-order valence-electron chi connectivity index (χ0n) is 4.05. The van der Waals surface area contributed by atoms with Gasteiger partial charge in [-0.2, -0.15) is 0 Å². The Morgan fingerprint density at radius 3 is 2.86 bits per heavy atom. The molecular formula is C4H9NOS. The molecule has 1 atom stereocenters. The van der Waals surface area contributed by atoms with Crippen LogP contribution in [0.5, 0.6) is 0 Å². The lowest BCUT2D eigenvalue weighted by Gasteiger charge is -2.17. The fraction of sp³-hybridized carbons (Fsp3) is 1.00. The molecular weight excluding hydrogens is 110 g/mol. The van der Waals surface area contributed by atoms with Crippen LogP contribution in [-0.4, -0.2) is 18.7 Å². The van der Waals surface area contributed by atoms with Crippen molar-refractivity contribution in [2.45, 2.75) is 11.9 Å². The molecule has 1 unspecified atom stereocenters. The predicted octanol–water partition coefficient (Wildman–Crippen LogP) is 0.210. The van der Waals surface area contributed by atoms with Gasteiger partial charge in [-0.15, -0.1) is 12.6 Å². The van der Waals surface area contributed by atoms with Crippen molar-refractivity contribution in [2.24, 2.45) is 0 Å². The normalized spacial score (nSPS) is 33.0. The van der Waals surface area contributed by atoms with Gasteiger partial charge in [0.2, 0.25) is 0 Å². The predicted molar refractivity (Wildman–Crippen MR) is 31.3 cm³/mol. The molecule has 1 aliphatic heterocycles. The molecule has 42 valence electrons. The third-order valence-electron chi connectivity index (χ3n) is 0.946. The topological polar surface area (TPSA) is 21.3 Å². The van der Waals surface area contributed by atoms with Crippen LogP contribution in [0.3, 0.4) is 0 Å². The van der Waals surface area contributed by atoms with Crippen molar-refractivity contribution in [2.75, 3.05) is 13.3 Å². The highest BCUT2D eigenvalue weighted by Crippen LogP contribution is 2.03. The maximum atomic E-state index is 5.03. The number of hydrogen-bond donors (Lipinski definition) is 2. The minimum Gasteiger partial charge on any atom is -0.353 e. The Balaban J connectivity index is 2.12. The third kappa shape index (κ3) is 1.67. The summed E-state index contributed by atoms with van der Waals surface area (Å²) in [7, 11) is 0. The molecule has 1 saturated heterocycles. The Labute approximate surface area is 48.6 Å². The molecule has 0 amide bonds. The van der Waals surface area contributed by atoms with Crippen molar-refractivity contribution in [3.05, 3.63) is 0 Å². The molecule has 1 N–H and O–H groups in total. The van der Waals surface area contributed by atoms with E-state index in [4.69, 9.17) is 4.74 Å². The van der Waals surface area contributed by atoms with Crippen LogP contribution in [0.15, 0.2) is 0 Å². The van der Waals surface area contributed by atoms with Gasteiger partial charge >= 0.3 is 0 Å². The van der Waals surface area contributed by atoms with Gasteiger partial charge in [-0.25, -0.2) is 0 Å². The smallest absolute Gasteiger partial charge is 0.103 e. The molecule has 1 heterocycles. The van der Waals surface area contributed by atoms with Crippen molar-refractivity contribution in [1.82, 2.24) is 5.32 Å². The van der Waals surface area contributed by atoms with Crippen LogP contribution in [-0.2, 0) is 4.74 Å². The number of nitrogens with one attached hydrogen (secondary N) is 1. The molecule has 0 saturated carbocycles. The lowest BCUT2D eigenvalue weighted by atomic mass is 10.4. The summed E-state index contributed by atoms with van der Waals surface area (Å²) in [5.74, 6) is 0. The lowest BCUT2D eigenvalue weighted by Crippen LogP contribution is -2.30. The quantitative estimate of drug-likeness (QED) is 0.445. The fourth-order valence-electron chi connectivity index (χ4n) is 0.536. The molecule has 0 aromatic rings. The zero-order chi connectivity index (χ0) is 5.11. The third-order valence-corrected chi connectivity index (χ3v) is 1.35. The maximum absolute atomic E-state index is 5.03. The summed E-state index contributed by atoms with van der Waals surface area (Å²) in [6, 6.07) is 0. The SMILES string of the molecule is SC1CCNCO1. The zero-order valence-corrected chi connectivity index (χ0v) is 4.95. The van der Waals surface area contributed by atoms with Crippen LogP contribution >= 0.6 is 12.6 Å². The largest absolute Gasteiger partial charge is 0.353 e. The van der Waals surface area contributed by atoms with Crippen molar-refractivity contribution in [3.8, 4) is 0 Å². The fourth-order valence-corrected chi connectivity index (χ4v) is 0.740. The van der Waals surface area contributed by atoms with E-state index >= 15 is 0 Å². The van der Waals surface area contributed by atoms with Gasteiger partial charge in [0, 0.05) is 6.54 Å². The molecule has 0 aliphatic carbocycles. The first-order chi connectivity index (χ1) is 3.39. The van der Waals surface area contributed by atoms with Crippen LogP contribution in [0, 0.1) is 0 Å². The van der Waals surface area contributed by atoms with E-state index in [1.165, 1.54) is 0 Å². The van der Waals surface area contributed by atoms with E-state index in [-0.39, 0.29) is 5.44 Å². The average Bonchev–Trinajstić information content (AvgIpc) is 1.69. The number of hydrogen-bond acceptors (Lipinski definition) is 3. The summed E-state index contributed by atoms with van der Waals surface area (Å²) >= 11 is 4.10. The molecule has 0 spiro atoms. The Bertz CT molecular complexity index is 53.7. The summed E-state index contributed by atoms with van der Waals surface area (Å²) in [5.41, 5.74) is 0.168. The second-order valence-corrected chi connectivity index (χ2v) is 2.13. The number of thiol groups is 1. The van der Waals surface area contributed by atoms with Gasteiger partial charge in [-0.3, -0.25) is 5.32 Å². The van der Waals surface area contributed by atoms with E-state index < -0.39 is 0 Å². The maximum Gasteiger partial charge on any atom is 0.103 e. The molecule has 0 radical (unpaired) electrons. The Hall–Kier alpha value is 0.270. The van der Waals surface area contributed by atoms with Crippen LogP contribution in [0.4, 0.5) is 0 Å². The monoisotopic (exact) mass is 119 g/mol. The molecule has 0 aromatic heterocycles. The highest BCUT2D eigenvalue weighted by atomic mass is 32.1. The number of ether oxygens (including phenoxy) is 1. The molecule has 2 nitrogen and oxygen atoms in total. The molecule has 3 heteroatoms. The van der Waals surface area contributed by atoms with E-state index in [2.05, 4.69) is 17.9 Å². The number of rotatable bonds is 0. The minimum atomic E-state index is 0.168. The first-order valence-electron chi connectivity index (χ1n) is 2.40. The van der Waals surface area contributed by atoms with Gasteiger partial charge < -0.3 is 4.74 Å². The van der Waals surface area contributed by atoms with E-state index in [1.54, 1.807) is 0 Å². The van der Waals surface area contributed by atoms with Crippen LogP contribution in [0.25, 0.3) is 0 Å². The van der Waals surface area contributed by atoms with E-state index in [1.807, 2.05) is 0 Å². The standard InChI is InChI=1S/C4H9NOS/c7-4-1-2-5-3-6-4/h4-5,7H,1-3H2. The van der Waals surface area contributed by atoms with Gasteiger partial charge in [0.15, 0.2) is 0 Å². The van der Waals surface area contributed by atoms with Crippen molar-refractivity contribution in [3.63, 3.8) is 0 Å². The van der Waals surface area contributed by atoms with Crippen LogP contribution < -0.4 is 5.32 Å². The second-order valence-electron chi connectivity index (χ2n) is 1.55. The Morgan fingerprint density at radius 1 is 1.71 bits per heavy atom. The van der Waals surface area contributed by atoms with E-state index in [9.17, 15) is 0 Å². The first-order valence-corrected chi connectivity index (χ1v) is 2.91. The summed E-state index contributed by atoms with van der Waals surface area (Å²) in [4.78, 5) is 0. The summed E-state index contributed by atoms with van der Waals surface area (Å²) in [6.07, 6.45) is 1.02. The molecule has 1 rings (SSSR count). The van der Waals surface area contributed by atoms with Crippen molar-refractivity contribution < 1.29 is 4.74 Å². The van der Waals surface area contributed by atoms with Gasteiger partial charge in [0.05, 0.1) is 6.73 Å². The van der Waals surface area contributed by atoms with Gasteiger partial charge in [0.25, 0.3) is 0 Å². The van der Waals surface area contributed by atoms with Crippen molar-refractivity contribution in [1.29, 1.82) is 0 Å². The minimum absolute atomic E-state index is 0.168. The highest BCUT2D eigenvalue weighted by Gasteiger charge is 2.05. The Kier molecular flexibility index (Phi) is 1.97. The lowest BCUT2D eigenvalue weighted by molar-refractivity contribution is 0.0630. The summed E-state index contributed by atoms with van der Waals surface area (Å²) in [5, 5.41) is 3.04. The summed E-state index contributed by atoms with van der Waals surface area (Å²) in [6.45, 7) is 1.70. The summed E-state index contributed by atoms with van der Waals surface area (Å²) < 4.78 is 5.03. The van der Waals surface area contributed by atoms with Crippen LogP contribution in [0.2, 0.25) is 0 Å². The van der Waals surface area contributed by atoms with Gasteiger partial charge in [-0.1, -0.05) is 0 Å². The first kappa shape index (κ1) is 5.41. The molecule has 1 aliphatic rings. The second kappa shape index (κ2) is 2.55. The molecule has 7 heavy (non-hydrogen) atoms. The van der Waals surface area contributed by atoms with Gasteiger partial charge in [0.1, 0.15) is 5.44 Å². The van der Waals surface area contributed by atoms with E-state index in [0.717, 1.165) is 13.0 Å². The van der Waals surface area contributed by atoms with E-state index in [0.29, 0.717) is 6.73 Å². The van der Waals surface area contributed by atoms with Crippen LogP contribution in [0.1, 0.15) is 6.42 Å². The molecule has 0 aromatic carbocycles. The highest BCUT2D eigenvalue weighted by molar-refractivity contribution is 7.80.